The number of phenolic OH excluding ortho intramolecular Hbond substituents is 2. The van der Waals surface area contributed by atoms with Crippen molar-refractivity contribution in [1.82, 2.24) is 0 Å². The molecule has 0 bridgehead atoms. The standard InChI is InChI=1S/C20H28O3/c1-11(2)16-12-9-15(22)18-19(3,4)7-6-8-20(18,5)13(12)10-14(21)17(16)23/h10-11,18,21,23H,6-9H2,1-5H3/t18-,20+/m0/s1. The molecule has 0 heterocycles. The monoisotopic (exact) mass is 316 g/mol. The lowest BCUT2D eigenvalue weighted by Gasteiger charge is -2.53. The largest absolute Gasteiger partial charge is 0.504 e. The third-order valence-electron chi connectivity index (χ3n) is 6.23. The average molecular weight is 316 g/mol. The molecule has 0 aromatic heterocycles. The van der Waals surface area contributed by atoms with Gasteiger partial charge >= 0.3 is 0 Å². The maximum absolute atomic E-state index is 13.0. The fourth-order valence-corrected chi connectivity index (χ4v) is 5.46. The van der Waals surface area contributed by atoms with E-state index in [1.54, 1.807) is 6.07 Å². The number of aromatic hydroxyl groups is 2. The second-order valence-corrected chi connectivity index (χ2v) is 8.67. The third-order valence-corrected chi connectivity index (χ3v) is 6.23. The highest BCUT2D eigenvalue weighted by atomic mass is 16.3. The Bertz CT molecular complexity index is 672. The summed E-state index contributed by atoms with van der Waals surface area (Å²) in [7, 11) is 0. The second kappa shape index (κ2) is 4.99. The highest BCUT2D eigenvalue weighted by Crippen LogP contribution is 2.58. The predicted octanol–water partition coefficient (Wildman–Crippen LogP) is 4.43. The van der Waals surface area contributed by atoms with Crippen LogP contribution in [-0.2, 0) is 16.6 Å². The Hall–Kier alpha value is -1.51. The number of phenols is 2. The van der Waals surface area contributed by atoms with Crippen LogP contribution >= 0.6 is 0 Å². The van der Waals surface area contributed by atoms with E-state index in [4.69, 9.17) is 0 Å². The van der Waals surface area contributed by atoms with Crippen LogP contribution in [0.5, 0.6) is 11.5 Å². The lowest BCUT2D eigenvalue weighted by molar-refractivity contribution is -0.132. The average Bonchev–Trinajstić information content (AvgIpc) is 2.39. The van der Waals surface area contributed by atoms with E-state index in [1.165, 1.54) is 0 Å². The van der Waals surface area contributed by atoms with Gasteiger partial charge in [0.25, 0.3) is 0 Å². The van der Waals surface area contributed by atoms with Crippen molar-refractivity contribution in [2.75, 3.05) is 0 Å². The van der Waals surface area contributed by atoms with Gasteiger partial charge < -0.3 is 10.2 Å². The van der Waals surface area contributed by atoms with Gasteiger partial charge in [-0.3, -0.25) is 4.79 Å². The molecule has 2 aliphatic carbocycles. The van der Waals surface area contributed by atoms with E-state index in [2.05, 4.69) is 20.8 Å². The molecule has 1 aromatic rings. The van der Waals surface area contributed by atoms with Gasteiger partial charge in [-0.05, 0) is 41.4 Å². The first kappa shape index (κ1) is 16.4. The molecule has 3 rings (SSSR count). The summed E-state index contributed by atoms with van der Waals surface area (Å²) in [5, 5.41) is 20.6. The van der Waals surface area contributed by atoms with Crippen LogP contribution in [0.4, 0.5) is 0 Å². The quantitative estimate of drug-likeness (QED) is 0.754. The molecule has 3 heteroatoms. The SMILES string of the molecule is CC(C)c1c(O)c(O)cc2c1CC(=O)[C@H]1C(C)(C)CCC[C@]21C. The molecule has 1 saturated carbocycles. The van der Waals surface area contributed by atoms with Crippen LogP contribution in [0.2, 0.25) is 0 Å². The van der Waals surface area contributed by atoms with Crippen molar-refractivity contribution in [3.05, 3.63) is 22.8 Å². The molecule has 0 spiro atoms. The highest BCUT2D eigenvalue weighted by Gasteiger charge is 2.54. The summed E-state index contributed by atoms with van der Waals surface area (Å²) in [4.78, 5) is 13.0. The lowest BCUT2D eigenvalue weighted by Crippen LogP contribution is -2.52. The zero-order valence-corrected chi connectivity index (χ0v) is 14.9. The van der Waals surface area contributed by atoms with Crippen LogP contribution in [-0.4, -0.2) is 16.0 Å². The summed E-state index contributed by atoms with van der Waals surface area (Å²) in [5.74, 6) is 0.242. The number of carbonyl (C=O) groups excluding carboxylic acids is 1. The van der Waals surface area contributed by atoms with Crippen molar-refractivity contribution in [3.8, 4) is 11.5 Å². The van der Waals surface area contributed by atoms with Crippen molar-refractivity contribution >= 4 is 5.78 Å². The summed E-state index contributed by atoms with van der Waals surface area (Å²) >= 11 is 0. The summed E-state index contributed by atoms with van der Waals surface area (Å²) < 4.78 is 0. The number of carbonyl (C=O) groups is 1. The van der Waals surface area contributed by atoms with Crippen LogP contribution in [0.1, 0.15) is 76.5 Å². The number of benzene rings is 1. The Kier molecular flexibility index (Phi) is 3.55. The summed E-state index contributed by atoms with van der Waals surface area (Å²) in [6, 6.07) is 1.72. The normalized spacial score (nSPS) is 29.3. The van der Waals surface area contributed by atoms with Crippen LogP contribution < -0.4 is 0 Å². The first-order valence-electron chi connectivity index (χ1n) is 8.70. The molecular weight excluding hydrogens is 288 g/mol. The number of hydrogen-bond acceptors (Lipinski definition) is 3. The molecule has 0 aliphatic heterocycles. The van der Waals surface area contributed by atoms with E-state index in [1.807, 2.05) is 13.8 Å². The van der Waals surface area contributed by atoms with Crippen LogP contribution in [0.3, 0.4) is 0 Å². The van der Waals surface area contributed by atoms with Gasteiger partial charge in [-0.25, -0.2) is 0 Å². The highest BCUT2D eigenvalue weighted by molar-refractivity contribution is 5.89. The number of hydrogen-bond donors (Lipinski definition) is 2. The minimum atomic E-state index is -0.249. The molecule has 0 amide bonds. The fraction of sp³-hybridized carbons (Fsp3) is 0.650. The van der Waals surface area contributed by atoms with Crippen molar-refractivity contribution < 1.29 is 15.0 Å². The molecule has 126 valence electrons. The molecule has 1 aromatic carbocycles. The van der Waals surface area contributed by atoms with Gasteiger partial charge in [-0.15, -0.1) is 0 Å². The van der Waals surface area contributed by atoms with Gasteiger partial charge in [0, 0.05) is 23.3 Å². The van der Waals surface area contributed by atoms with Crippen molar-refractivity contribution in [1.29, 1.82) is 0 Å². The molecule has 0 saturated heterocycles. The Balaban J connectivity index is 2.30. The van der Waals surface area contributed by atoms with Gasteiger partial charge in [0.1, 0.15) is 5.78 Å². The molecule has 2 aliphatic rings. The Morgan fingerprint density at radius 2 is 1.83 bits per heavy atom. The van der Waals surface area contributed by atoms with E-state index >= 15 is 0 Å². The van der Waals surface area contributed by atoms with Gasteiger partial charge in [0.2, 0.25) is 0 Å². The van der Waals surface area contributed by atoms with Crippen LogP contribution in [0.25, 0.3) is 0 Å². The smallest absolute Gasteiger partial charge is 0.161 e. The van der Waals surface area contributed by atoms with Crippen LogP contribution in [0.15, 0.2) is 6.07 Å². The van der Waals surface area contributed by atoms with Gasteiger partial charge in [-0.2, -0.15) is 0 Å². The van der Waals surface area contributed by atoms with E-state index in [0.717, 1.165) is 36.0 Å². The zero-order chi connectivity index (χ0) is 17.2. The maximum Gasteiger partial charge on any atom is 0.161 e. The minimum absolute atomic E-state index is 0.0137. The van der Waals surface area contributed by atoms with Crippen molar-refractivity contribution in [3.63, 3.8) is 0 Å². The van der Waals surface area contributed by atoms with Gasteiger partial charge in [-0.1, -0.05) is 41.0 Å². The maximum atomic E-state index is 13.0. The molecule has 1 fully saturated rings. The minimum Gasteiger partial charge on any atom is -0.504 e. The van der Waals surface area contributed by atoms with Crippen molar-refractivity contribution in [2.45, 2.75) is 71.6 Å². The summed E-state index contributed by atoms with van der Waals surface area (Å²) in [6.45, 7) is 10.6. The number of fused-ring (bicyclic) bond motifs is 3. The topological polar surface area (TPSA) is 57.5 Å². The van der Waals surface area contributed by atoms with E-state index in [9.17, 15) is 15.0 Å². The third kappa shape index (κ3) is 2.20. The summed E-state index contributed by atoms with van der Waals surface area (Å²) in [5.41, 5.74) is 2.51. The molecule has 0 unspecified atom stereocenters. The molecule has 0 radical (unpaired) electrons. The van der Waals surface area contributed by atoms with E-state index < -0.39 is 0 Å². The Morgan fingerprint density at radius 3 is 2.43 bits per heavy atom. The fourth-order valence-electron chi connectivity index (χ4n) is 5.46. The number of Topliss-reactive ketones (excluding diaryl/α,β-unsaturated/α-hetero) is 1. The van der Waals surface area contributed by atoms with Crippen LogP contribution in [0, 0.1) is 11.3 Å². The van der Waals surface area contributed by atoms with E-state index in [-0.39, 0.29) is 39.9 Å². The second-order valence-electron chi connectivity index (χ2n) is 8.67. The lowest BCUT2D eigenvalue weighted by atomic mass is 9.49. The van der Waals surface area contributed by atoms with Gasteiger partial charge in [0.05, 0.1) is 0 Å². The Labute approximate surface area is 138 Å². The first-order chi connectivity index (χ1) is 10.6. The number of rotatable bonds is 1. The predicted molar refractivity (Wildman–Crippen MR) is 91.0 cm³/mol. The molecule has 3 nitrogen and oxygen atoms in total. The zero-order valence-electron chi connectivity index (χ0n) is 14.9. The van der Waals surface area contributed by atoms with Crippen molar-refractivity contribution in [2.24, 2.45) is 11.3 Å². The molecular formula is C20H28O3. The van der Waals surface area contributed by atoms with E-state index in [0.29, 0.717) is 6.42 Å². The summed E-state index contributed by atoms with van der Waals surface area (Å²) in [6.07, 6.45) is 3.49. The molecule has 2 atom stereocenters. The van der Waals surface area contributed by atoms with Gasteiger partial charge in [0.15, 0.2) is 11.5 Å². The molecule has 2 N–H and O–H groups in total. The Morgan fingerprint density at radius 1 is 1.17 bits per heavy atom. The first-order valence-corrected chi connectivity index (χ1v) is 8.70. The number of ketones is 1. The molecule has 23 heavy (non-hydrogen) atoms.